The van der Waals surface area contributed by atoms with Gasteiger partial charge in [0.05, 0.1) is 12.6 Å². The van der Waals surface area contributed by atoms with Crippen LogP contribution in [0, 0.1) is 5.92 Å². The molecule has 0 saturated carbocycles. The van der Waals surface area contributed by atoms with Gasteiger partial charge in [0.25, 0.3) is 0 Å². The SMILES string of the molecule is CCCCC(NNNN(C)CCCC)N[C@H](CC(=O)O)C(C)C. The minimum absolute atomic E-state index is 0.0220. The number of aliphatic carboxylic acids is 1. The summed E-state index contributed by atoms with van der Waals surface area (Å²) >= 11 is 0. The van der Waals surface area contributed by atoms with Crippen molar-refractivity contribution in [2.24, 2.45) is 5.92 Å². The van der Waals surface area contributed by atoms with Crippen molar-refractivity contribution in [1.29, 1.82) is 0 Å². The number of carbonyl (C=O) groups is 1. The van der Waals surface area contributed by atoms with Gasteiger partial charge in [-0.1, -0.05) is 47.0 Å². The fourth-order valence-corrected chi connectivity index (χ4v) is 2.21. The van der Waals surface area contributed by atoms with E-state index in [1.807, 2.05) is 25.9 Å². The zero-order chi connectivity index (χ0) is 17.7. The molecule has 1 unspecified atom stereocenters. The Morgan fingerprint density at radius 2 is 1.83 bits per heavy atom. The molecule has 2 atom stereocenters. The van der Waals surface area contributed by atoms with Gasteiger partial charge in [-0.2, -0.15) is 11.1 Å². The zero-order valence-corrected chi connectivity index (χ0v) is 15.5. The van der Waals surface area contributed by atoms with Gasteiger partial charge in [-0.25, -0.2) is 10.4 Å². The van der Waals surface area contributed by atoms with Gasteiger partial charge in [-0.3, -0.25) is 10.1 Å². The van der Waals surface area contributed by atoms with Crippen LogP contribution in [0.15, 0.2) is 0 Å². The van der Waals surface area contributed by atoms with Crippen molar-refractivity contribution >= 4 is 5.97 Å². The second kappa shape index (κ2) is 13.7. The average Bonchev–Trinajstić information content (AvgIpc) is 2.48. The number of carboxylic acids is 1. The Morgan fingerprint density at radius 3 is 2.35 bits per heavy atom. The highest BCUT2D eigenvalue weighted by Crippen LogP contribution is 2.09. The van der Waals surface area contributed by atoms with Crippen LogP contribution in [0.5, 0.6) is 0 Å². The summed E-state index contributed by atoms with van der Waals surface area (Å²) < 4.78 is 0. The van der Waals surface area contributed by atoms with E-state index in [9.17, 15) is 4.79 Å². The van der Waals surface area contributed by atoms with Crippen molar-refractivity contribution in [3.05, 3.63) is 0 Å². The quantitative estimate of drug-likeness (QED) is 0.231. The third kappa shape index (κ3) is 12.4. The Hall–Kier alpha value is -0.730. The summed E-state index contributed by atoms with van der Waals surface area (Å²) in [4.78, 5) is 11.0. The molecule has 0 aromatic heterocycles. The first-order valence-electron chi connectivity index (χ1n) is 8.85. The van der Waals surface area contributed by atoms with E-state index in [1.54, 1.807) is 0 Å². The molecule has 23 heavy (non-hydrogen) atoms. The van der Waals surface area contributed by atoms with Crippen molar-refractivity contribution in [2.75, 3.05) is 13.6 Å². The molecule has 0 spiro atoms. The first-order valence-corrected chi connectivity index (χ1v) is 8.85. The number of hydrogen-bond donors (Lipinski definition) is 5. The van der Waals surface area contributed by atoms with Crippen LogP contribution in [0.3, 0.4) is 0 Å². The number of rotatable bonds is 15. The van der Waals surface area contributed by atoms with Crippen molar-refractivity contribution in [3.8, 4) is 0 Å². The van der Waals surface area contributed by atoms with Crippen LogP contribution in [-0.4, -0.2) is 41.9 Å². The second-order valence-electron chi connectivity index (χ2n) is 6.47. The molecule has 7 nitrogen and oxygen atoms in total. The van der Waals surface area contributed by atoms with Crippen molar-refractivity contribution < 1.29 is 9.90 Å². The highest BCUT2D eigenvalue weighted by Gasteiger charge is 2.20. The molecule has 0 aliphatic heterocycles. The van der Waals surface area contributed by atoms with Gasteiger partial charge in [0.1, 0.15) is 0 Å². The maximum atomic E-state index is 11.0. The van der Waals surface area contributed by atoms with Gasteiger partial charge >= 0.3 is 5.97 Å². The molecule has 7 heteroatoms. The third-order valence-corrected chi connectivity index (χ3v) is 3.80. The normalized spacial score (nSPS) is 14.4. The van der Waals surface area contributed by atoms with E-state index < -0.39 is 5.97 Å². The van der Waals surface area contributed by atoms with Crippen LogP contribution in [0.4, 0.5) is 0 Å². The summed E-state index contributed by atoms with van der Waals surface area (Å²) in [5.41, 5.74) is 9.31. The van der Waals surface area contributed by atoms with Crippen LogP contribution in [0.25, 0.3) is 0 Å². The van der Waals surface area contributed by atoms with Crippen LogP contribution in [-0.2, 0) is 4.79 Å². The lowest BCUT2D eigenvalue weighted by Gasteiger charge is -2.29. The number of hydrogen-bond acceptors (Lipinski definition) is 6. The maximum absolute atomic E-state index is 11.0. The van der Waals surface area contributed by atoms with Crippen molar-refractivity contribution in [1.82, 2.24) is 26.8 Å². The fourth-order valence-electron chi connectivity index (χ4n) is 2.21. The van der Waals surface area contributed by atoms with E-state index >= 15 is 0 Å². The molecule has 0 aliphatic carbocycles. The largest absolute Gasteiger partial charge is 0.481 e. The van der Waals surface area contributed by atoms with Gasteiger partial charge in [0, 0.05) is 19.6 Å². The summed E-state index contributed by atoms with van der Waals surface area (Å²) in [7, 11) is 1.99. The van der Waals surface area contributed by atoms with Gasteiger partial charge in [0.2, 0.25) is 0 Å². The summed E-state index contributed by atoms with van der Waals surface area (Å²) in [6, 6.07) is -0.0542. The van der Waals surface area contributed by atoms with Crippen LogP contribution >= 0.6 is 0 Å². The molecule has 0 aliphatic rings. The molecular weight excluding hydrogens is 294 g/mol. The molecule has 0 heterocycles. The molecule has 0 aromatic rings. The topological polar surface area (TPSA) is 88.7 Å². The monoisotopic (exact) mass is 331 g/mol. The second-order valence-corrected chi connectivity index (χ2v) is 6.47. The standard InChI is InChI=1S/C16H37N5O2/c1-6-8-10-15(17-14(13(3)4)12-16(22)23)18-19-20-21(5)11-9-7-2/h13-15,17-20H,6-12H2,1-5H3,(H,22,23)/t14-,15?/m1/s1. The Balaban J connectivity index is 4.34. The molecule has 0 saturated heterocycles. The molecule has 138 valence electrons. The Morgan fingerprint density at radius 1 is 1.17 bits per heavy atom. The predicted molar refractivity (Wildman–Crippen MR) is 94.3 cm³/mol. The van der Waals surface area contributed by atoms with Crippen molar-refractivity contribution in [2.45, 2.75) is 78.4 Å². The highest BCUT2D eigenvalue weighted by molar-refractivity contribution is 5.67. The van der Waals surface area contributed by atoms with Crippen LogP contribution < -0.4 is 21.8 Å². The summed E-state index contributed by atoms with van der Waals surface area (Å²) in [5.74, 6) is -0.506. The maximum Gasteiger partial charge on any atom is 0.304 e. The smallest absolute Gasteiger partial charge is 0.304 e. The van der Waals surface area contributed by atoms with E-state index in [1.165, 1.54) is 0 Å². The Bertz CT molecular complexity index is 302. The minimum atomic E-state index is -0.768. The van der Waals surface area contributed by atoms with Gasteiger partial charge in [0.15, 0.2) is 0 Å². The van der Waals surface area contributed by atoms with Crippen LogP contribution in [0.1, 0.15) is 66.2 Å². The zero-order valence-electron chi connectivity index (χ0n) is 15.5. The van der Waals surface area contributed by atoms with E-state index in [4.69, 9.17) is 5.11 Å². The lowest BCUT2D eigenvalue weighted by atomic mass is 10.0. The number of carboxylic acid groups (broad SMARTS) is 1. The molecule has 0 fully saturated rings. The summed E-state index contributed by atoms with van der Waals surface area (Å²) in [5, 5.41) is 14.5. The van der Waals surface area contributed by atoms with Crippen LogP contribution in [0.2, 0.25) is 0 Å². The highest BCUT2D eigenvalue weighted by atomic mass is 16.4. The third-order valence-electron chi connectivity index (χ3n) is 3.80. The lowest BCUT2D eigenvalue weighted by Crippen LogP contribution is -2.60. The lowest BCUT2D eigenvalue weighted by molar-refractivity contribution is -0.137. The molecule has 0 amide bonds. The van der Waals surface area contributed by atoms with E-state index in [2.05, 4.69) is 35.7 Å². The minimum Gasteiger partial charge on any atom is -0.481 e. The number of nitrogens with zero attached hydrogens (tertiary/aromatic N) is 1. The van der Waals surface area contributed by atoms with Gasteiger partial charge in [-0.15, -0.1) is 0 Å². The van der Waals surface area contributed by atoms with Gasteiger partial charge in [-0.05, 0) is 18.8 Å². The summed E-state index contributed by atoms with van der Waals surface area (Å²) in [6.07, 6.45) is 5.57. The van der Waals surface area contributed by atoms with E-state index in [0.717, 1.165) is 38.6 Å². The Labute approximate surface area is 141 Å². The molecule has 0 radical (unpaired) electrons. The van der Waals surface area contributed by atoms with Crippen molar-refractivity contribution in [3.63, 3.8) is 0 Å². The molecule has 0 aromatic carbocycles. The first kappa shape index (κ1) is 22.3. The predicted octanol–water partition coefficient (Wildman–Crippen LogP) is 1.84. The first-order chi connectivity index (χ1) is 10.9. The molecule has 5 N–H and O–H groups in total. The molecular formula is C16H37N5O2. The van der Waals surface area contributed by atoms with E-state index in [0.29, 0.717) is 0 Å². The molecule has 0 bridgehead atoms. The Kier molecular flexibility index (Phi) is 13.3. The van der Waals surface area contributed by atoms with E-state index in [-0.39, 0.29) is 24.5 Å². The molecule has 0 rings (SSSR count). The average molecular weight is 332 g/mol. The number of nitrogens with one attached hydrogen (secondary N) is 4. The van der Waals surface area contributed by atoms with Gasteiger partial charge < -0.3 is 5.11 Å². The number of unbranched alkanes of at least 4 members (excludes halogenated alkanes) is 2. The number of hydrazine groups is 3. The fraction of sp³-hybridized carbons (Fsp3) is 0.938. The summed E-state index contributed by atoms with van der Waals surface area (Å²) in [6.45, 7) is 9.37.